The monoisotopic (exact) mass is 250 g/mol. The molecule has 0 aromatic heterocycles. The molecule has 0 bridgehead atoms. The Kier molecular flexibility index (Phi) is 4.61. The van der Waals surface area contributed by atoms with Gasteiger partial charge in [-0.15, -0.1) is 0 Å². The zero-order chi connectivity index (χ0) is 13.1. The SMILES string of the molecule is CC(C)(CN)CCN1CC=C(C(F)(F)F)CC1. The molecule has 1 heterocycles. The highest BCUT2D eigenvalue weighted by molar-refractivity contribution is 5.12. The normalized spacial score (nSPS) is 19.3. The molecule has 0 amide bonds. The molecule has 2 N–H and O–H groups in total. The summed E-state index contributed by atoms with van der Waals surface area (Å²) in [5, 5.41) is 0. The first-order valence-corrected chi connectivity index (χ1v) is 5.93. The molecule has 5 heteroatoms. The van der Waals surface area contributed by atoms with Crippen LogP contribution in [-0.4, -0.2) is 37.3 Å². The predicted molar refractivity (Wildman–Crippen MR) is 62.6 cm³/mol. The predicted octanol–water partition coefficient (Wildman–Crippen LogP) is 2.56. The summed E-state index contributed by atoms with van der Waals surface area (Å²) in [6.45, 7) is 6.46. The number of nitrogens with zero attached hydrogens (tertiary/aromatic N) is 1. The van der Waals surface area contributed by atoms with E-state index in [-0.39, 0.29) is 17.4 Å². The van der Waals surface area contributed by atoms with E-state index in [1.165, 1.54) is 6.08 Å². The minimum absolute atomic E-state index is 0.0635. The van der Waals surface area contributed by atoms with Gasteiger partial charge in [0, 0.05) is 18.7 Å². The Morgan fingerprint density at radius 1 is 1.35 bits per heavy atom. The molecule has 1 aliphatic rings. The topological polar surface area (TPSA) is 29.3 Å². The fourth-order valence-corrected chi connectivity index (χ4v) is 1.73. The standard InChI is InChI=1S/C12H21F3N2/c1-11(2,9-16)5-8-17-6-3-10(4-7-17)12(13,14)15/h3H,4-9,16H2,1-2H3. The van der Waals surface area contributed by atoms with Crippen molar-refractivity contribution in [2.75, 3.05) is 26.2 Å². The van der Waals surface area contributed by atoms with E-state index in [1.807, 2.05) is 4.90 Å². The van der Waals surface area contributed by atoms with Gasteiger partial charge in [-0.2, -0.15) is 13.2 Å². The van der Waals surface area contributed by atoms with Gasteiger partial charge in [0.25, 0.3) is 0 Å². The van der Waals surface area contributed by atoms with Gasteiger partial charge in [0.15, 0.2) is 0 Å². The Hall–Kier alpha value is -0.550. The van der Waals surface area contributed by atoms with Gasteiger partial charge < -0.3 is 5.73 Å². The second-order valence-electron chi connectivity index (χ2n) is 5.40. The summed E-state index contributed by atoms with van der Waals surface area (Å²) in [7, 11) is 0. The van der Waals surface area contributed by atoms with Crippen molar-refractivity contribution in [3.63, 3.8) is 0 Å². The first-order chi connectivity index (χ1) is 7.74. The van der Waals surface area contributed by atoms with Crippen LogP contribution in [0.3, 0.4) is 0 Å². The van der Waals surface area contributed by atoms with Crippen LogP contribution in [0.2, 0.25) is 0 Å². The Balaban J connectivity index is 2.40. The highest BCUT2D eigenvalue weighted by Crippen LogP contribution is 2.30. The van der Waals surface area contributed by atoms with Crippen molar-refractivity contribution in [2.24, 2.45) is 11.1 Å². The van der Waals surface area contributed by atoms with Gasteiger partial charge in [-0.25, -0.2) is 0 Å². The van der Waals surface area contributed by atoms with Gasteiger partial charge in [0.1, 0.15) is 0 Å². The Morgan fingerprint density at radius 2 is 2.00 bits per heavy atom. The zero-order valence-corrected chi connectivity index (χ0v) is 10.5. The third-order valence-corrected chi connectivity index (χ3v) is 3.31. The Labute approximate surface area is 101 Å². The maximum Gasteiger partial charge on any atom is 0.412 e. The number of hydrogen-bond donors (Lipinski definition) is 1. The van der Waals surface area contributed by atoms with E-state index in [1.54, 1.807) is 0 Å². The fraction of sp³-hybridized carbons (Fsp3) is 0.833. The van der Waals surface area contributed by atoms with Crippen LogP contribution >= 0.6 is 0 Å². The van der Waals surface area contributed by atoms with Crippen molar-refractivity contribution in [2.45, 2.75) is 32.9 Å². The van der Waals surface area contributed by atoms with Gasteiger partial charge in [-0.1, -0.05) is 19.9 Å². The number of alkyl halides is 3. The van der Waals surface area contributed by atoms with Crippen LogP contribution in [0.4, 0.5) is 13.2 Å². The molecular weight excluding hydrogens is 229 g/mol. The van der Waals surface area contributed by atoms with Crippen LogP contribution in [0.1, 0.15) is 26.7 Å². The molecule has 17 heavy (non-hydrogen) atoms. The number of rotatable bonds is 4. The average Bonchev–Trinajstić information content (AvgIpc) is 2.26. The molecule has 0 unspecified atom stereocenters. The first-order valence-electron chi connectivity index (χ1n) is 5.93. The molecule has 0 saturated carbocycles. The van der Waals surface area contributed by atoms with Crippen molar-refractivity contribution in [1.82, 2.24) is 4.90 Å². The number of halogens is 3. The Morgan fingerprint density at radius 3 is 2.41 bits per heavy atom. The zero-order valence-electron chi connectivity index (χ0n) is 10.5. The molecule has 1 aliphatic heterocycles. The van der Waals surface area contributed by atoms with E-state index in [0.29, 0.717) is 19.6 Å². The first kappa shape index (κ1) is 14.5. The van der Waals surface area contributed by atoms with Crippen molar-refractivity contribution >= 4 is 0 Å². The largest absolute Gasteiger partial charge is 0.412 e. The van der Waals surface area contributed by atoms with Crippen LogP contribution < -0.4 is 5.73 Å². The Bertz CT molecular complexity index is 282. The summed E-state index contributed by atoms with van der Waals surface area (Å²) in [4.78, 5) is 2.05. The van der Waals surface area contributed by atoms with Gasteiger partial charge in [0.05, 0.1) is 0 Å². The molecule has 0 aromatic carbocycles. The summed E-state index contributed by atoms with van der Waals surface area (Å²) in [5.74, 6) is 0. The van der Waals surface area contributed by atoms with Crippen molar-refractivity contribution < 1.29 is 13.2 Å². The van der Waals surface area contributed by atoms with Gasteiger partial charge in [0.2, 0.25) is 0 Å². The second-order valence-corrected chi connectivity index (χ2v) is 5.40. The summed E-state index contributed by atoms with van der Waals surface area (Å²) in [6.07, 6.45) is -1.83. The number of nitrogens with two attached hydrogens (primary N) is 1. The minimum Gasteiger partial charge on any atom is -0.330 e. The molecule has 2 nitrogen and oxygen atoms in total. The van der Waals surface area contributed by atoms with E-state index >= 15 is 0 Å². The molecule has 0 radical (unpaired) electrons. The lowest BCUT2D eigenvalue weighted by atomic mass is 9.89. The third kappa shape index (κ3) is 4.68. The minimum atomic E-state index is -4.15. The lowest BCUT2D eigenvalue weighted by molar-refractivity contribution is -0.0960. The van der Waals surface area contributed by atoms with Crippen LogP contribution in [0.5, 0.6) is 0 Å². The van der Waals surface area contributed by atoms with Crippen LogP contribution in [0.15, 0.2) is 11.6 Å². The maximum atomic E-state index is 12.4. The van der Waals surface area contributed by atoms with Crippen LogP contribution in [-0.2, 0) is 0 Å². The van der Waals surface area contributed by atoms with Crippen molar-refractivity contribution in [3.8, 4) is 0 Å². The lowest BCUT2D eigenvalue weighted by Gasteiger charge is -2.30. The molecule has 0 atom stereocenters. The highest BCUT2D eigenvalue weighted by atomic mass is 19.4. The average molecular weight is 250 g/mol. The molecular formula is C12H21F3N2. The van der Waals surface area contributed by atoms with Crippen molar-refractivity contribution in [1.29, 1.82) is 0 Å². The smallest absolute Gasteiger partial charge is 0.330 e. The summed E-state index contributed by atoms with van der Waals surface area (Å²) in [6, 6.07) is 0. The summed E-state index contributed by atoms with van der Waals surface area (Å²) < 4.78 is 37.2. The quantitative estimate of drug-likeness (QED) is 0.777. The van der Waals surface area contributed by atoms with E-state index in [9.17, 15) is 13.2 Å². The lowest BCUT2D eigenvalue weighted by Crippen LogP contribution is -2.36. The molecule has 1 rings (SSSR count). The number of hydrogen-bond acceptors (Lipinski definition) is 2. The van der Waals surface area contributed by atoms with E-state index in [0.717, 1.165) is 13.0 Å². The fourth-order valence-electron chi connectivity index (χ4n) is 1.73. The summed E-state index contributed by atoms with van der Waals surface area (Å²) >= 11 is 0. The maximum absolute atomic E-state index is 12.4. The van der Waals surface area contributed by atoms with E-state index in [4.69, 9.17) is 5.73 Å². The molecule has 100 valence electrons. The molecule has 0 spiro atoms. The van der Waals surface area contributed by atoms with Crippen molar-refractivity contribution in [3.05, 3.63) is 11.6 Å². The van der Waals surface area contributed by atoms with E-state index < -0.39 is 6.18 Å². The molecule has 0 aromatic rings. The molecule has 0 fully saturated rings. The van der Waals surface area contributed by atoms with Gasteiger partial charge in [-0.05, 0) is 31.3 Å². The highest BCUT2D eigenvalue weighted by Gasteiger charge is 2.34. The van der Waals surface area contributed by atoms with Gasteiger partial charge >= 0.3 is 6.18 Å². The molecule has 0 saturated heterocycles. The van der Waals surface area contributed by atoms with Crippen LogP contribution in [0.25, 0.3) is 0 Å². The summed E-state index contributed by atoms with van der Waals surface area (Å²) in [5.41, 5.74) is 5.30. The van der Waals surface area contributed by atoms with Gasteiger partial charge in [-0.3, -0.25) is 4.90 Å². The molecule has 0 aliphatic carbocycles. The third-order valence-electron chi connectivity index (χ3n) is 3.31. The second kappa shape index (κ2) is 5.40. The van der Waals surface area contributed by atoms with Crippen LogP contribution in [0, 0.1) is 5.41 Å². The van der Waals surface area contributed by atoms with E-state index in [2.05, 4.69) is 13.8 Å².